The Hall–Kier alpha value is -0.400. The lowest BCUT2D eigenvalue weighted by atomic mass is 9.94. The van der Waals surface area contributed by atoms with Gasteiger partial charge in [-0.25, -0.2) is 0 Å². The Kier molecular flexibility index (Phi) is 33.3. The summed E-state index contributed by atoms with van der Waals surface area (Å²) in [6, 6.07) is 0. The van der Waals surface area contributed by atoms with E-state index < -0.39 is 0 Å². The van der Waals surface area contributed by atoms with Crippen molar-refractivity contribution in [2.75, 3.05) is 6.54 Å². The predicted molar refractivity (Wildman–Crippen MR) is 169 cm³/mol. The summed E-state index contributed by atoms with van der Waals surface area (Å²) in [5, 5.41) is 3.26. The van der Waals surface area contributed by atoms with Crippen LogP contribution in [0.5, 0.6) is 0 Å². The maximum Gasteiger partial charge on any atom is 0.0839 e. The summed E-state index contributed by atoms with van der Waals surface area (Å²) in [7, 11) is 0. The van der Waals surface area contributed by atoms with Gasteiger partial charge in [-0.3, -0.25) is 0 Å². The Morgan fingerprint density at radius 3 is 0.784 bits per heavy atom. The van der Waals surface area contributed by atoms with Gasteiger partial charge in [-0.05, 0) is 18.8 Å². The molecule has 2 heteroatoms. The number of rotatable bonds is 33. The Morgan fingerprint density at radius 1 is 0.351 bits per heavy atom. The van der Waals surface area contributed by atoms with Crippen molar-refractivity contribution >= 4 is 0 Å². The third kappa shape index (κ3) is 31.7. The first-order chi connectivity index (χ1) is 18.3. The SMILES string of the molecule is CCCCCCCCCCCCCCCCCC(CCCCCCCCCCCCCCCC)CN=O. The van der Waals surface area contributed by atoms with Crippen LogP contribution in [0.3, 0.4) is 0 Å². The van der Waals surface area contributed by atoms with Crippen molar-refractivity contribution in [1.29, 1.82) is 0 Å². The fourth-order valence-corrected chi connectivity index (χ4v) is 5.86. The molecular formula is C35H71NO. The standard InChI is InChI=1S/C35H71NO/c1-3-5-7-9-11-13-15-17-19-21-23-25-27-29-31-33-35(34-36-37)32-30-28-26-24-22-20-18-16-14-12-10-8-6-4-2/h35H,3-34H2,1-2H3. The molecule has 0 bridgehead atoms. The first kappa shape index (κ1) is 36.6. The maximum absolute atomic E-state index is 10.9. The fraction of sp³-hybridized carbons (Fsp3) is 1.00. The van der Waals surface area contributed by atoms with E-state index in [2.05, 4.69) is 19.0 Å². The third-order valence-electron chi connectivity index (χ3n) is 8.51. The molecular weight excluding hydrogens is 450 g/mol. The largest absolute Gasteiger partial charge is 0.151 e. The molecule has 1 unspecified atom stereocenters. The van der Waals surface area contributed by atoms with Crippen LogP contribution in [0, 0.1) is 10.8 Å². The molecule has 0 heterocycles. The lowest BCUT2D eigenvalue weighted by molar-refractivity contribution is 0.409. The zero-order chi connectivity index (χ0) is 26.9. The summed E-state index contributed by atoms with van der Waals surface area (Å²) in [6.45, 7) is 5.14. The molecule has 0 aliphatic heterocycles. The topological polar surface area (TPSA) is 29.4 Å². The predicted octanol–water partition coefficient (Wildman–Crippen LogP) is 13.5. The van der Waals surface area contributed by atoms with E-state index in [0.29, 0.717) is 12.5 Å². The second-order valence-corrected chi connectivity index (χ2v) is 12.3. The minimum absolute atomic E-state index is 0.553. The smallest absolute Gasteiger partial charge is 0.0839 e. The molecule has 0 aromatic rings. The number of nitrogens with zero attached hydrogens (tertiary/aromatic N) is 1. The van der Waals surface area contributed by atoms with E-state index in [0.717, 1.165) is 0 Å². The van der Waals surface area contributed by atoms with E-state index >= 15 is 0 Å². The molecule has 0 aromatic heterocycles. The molecule has 0 rings (SSSR count). The summed E-state index contributed by atoms with van der Waals surface area (Å²) in [5.74, 6) is 0.553. The minimum Gasteiger partial charge on any atom is -0.151 e. The van der Waals surface area contributed by atoms with E-state index in [1.807, 2.05) is 0 Å². The molecule has 0 saturated carbocycles. The van der Waals surface area contributed by atoms with Crippen molar-refractivity contribution in [1.82, 2.24) is 0 Å². The van der Waals surface area contributed by atoms with Crippen molar-refractivity contribution in [3.8, 4) is 0 Å². The van der Waals surface area contributed by atoms with E-state index in [1.54, 1.807) is 0 Å². The molecule has 0 saturated heterocycles. The summed E-state index contributed by atoms with van der Waals surface area (Å²) in [4.78, 5) is 10.9. The molecule has 0 radical (unpaired) electrons. The molecule has 0 spiro atoms. The highest BCUT2D eigenvalue weighted by Crippen LogP contribution is 2.20. The second-order valence-electron chi connectivity index (χ2n) is 12.3. The molecule has 0 amide bonds. The Labute approximate surface area is 235 Å². The molecule has 2 nitrogen and oxygen atoms in total. The van der Waals surface area contributed by atoms with Gasteiger partial charge in [0.1, 0.15) is 0 Å². The number of hydrogen-bond acceptors (Lipinski definition) is 2. The molecule has 0 aliphatic rings. The average Bonchev–Trinajstić information content (AvgIpc) is 2.91. The van der Waals surface area contributed by atoms with Crippen molar-refractivity contribution < 1.29 is 0 Å². The van der Waals surface area contributed by atoms with Crippen molar-refractivity contribution in [2.45, 2.75) is 213 Å². The molecule has 0 aliphatic carbocycles. The summed E-state index contributed by atoms with van der Waals surface area (Å²) in [5.41, 5.74) is 0. The average molecular weight is 522 g/mol. The molecule has 0 N–H and O–H groups in total. The van der Waals surface area contributed by atoms with Gasteiger partial charge >= 0.3 is 0 Å². The minimum atomic E-state index is 0.553. The van der Waals surface area contributed by atoms with Crippen LogP contribution < -0.4 is 0 Å². The lowest BCUT2D eigenvalue weighted by Gasteiger charge is -2.13. The fourth-order valence-electron chi connectivity index (χ4n) is 5.86. The van der Waals surface area contributed by atoms with Gasteiger partial charge in [0.25, 0.3) is 0 Å². The van der Waals surface area contributed by atoms with Crippen LogP contribution in [-0.2, 0) is 0 Å². The van der Waals surface area contributed by atoms with Gasteiger partial charge in [-0.1, -0.05) is 205 Å². The monoisotopic (exact) mass is 522 g/mol. The van der Waals surface area contributed by atoms with E-state index in [4.69, 9.17) is 0 Å². The van der Waals surface area contributed by atoms with Gasteiger partial charge in [0.15, 0.2) is 0 Å². The van der Waals surface area contributed by atoms with Crippen LogP contribution in [0.2, 0.25) is 0 Å². The molecule has 0 aromatic carbocycles. The summed E-state index contributed by atoms with van der Waals surface area (Å²) < 4.78 is 0. The highest BCUT2D eigenvalue weighted by atomic mass is 16.3. The van der Waals surface area contributed by atoms with Crippen molar-refractivity contribution in [3.63, 3.8) is 0 Å². The molecule has 37 heavy (non-hydrogen) atoms. The third-order valence-corrected chi connectivity index (χ3v) is 8.51. The van der Waals surface area contributed by atoms with Crippen LogP contribution in [0.4, 0.5) is 0 Å². The van der Waals surface area contributed by atoms with Crippen LogP contribution in [0.25, 0.3) is 0 Å². The number of hydrogen-bond donors (Lipinski definition) is 0. The van der Waals surface area contributed by atoms with Crippen molar-refractivity contribution in [3.05, 3.63) is 4.91 Å². The lowest BCUT2D eigenvalue weighted by Crippen LogP contribution is -2.04. The molecule has 1 atom stereocenters. The van der Waals surface area contributed by atoms with Gasteiger partial charge < -0.3 is 0 Å². The van der Waals surface area contributed by atoms with E-state index in [-0.39, 0.29) is 0 Å². The second kappa shape index (κ2) is 33.6. The first-order valence-corrected chi connectivity index (χ1v) is 17.6. The van der Waals surface area contributed by atoms with Crippen LogP contribution >= 0.6 is 0 Å². The van der Waals surface area contributed by atoms with Gasteiger partial charge in [0.05, 0.1) is 6.54 Å². The van der Waals surface area contributed by atoms with E-state index in [9.17, 15) is 4.91 Å². The van der Waals surface area contributed by atoms with Crippen LogP contribution in [0.1, 0.15) is 213 Å². The summed E-state index contributed by atoms with van der Waals surface area (Å²) >= 11 is 0. The number of nitroso groups, excluding NO2 is 1. The zero-order valence-corrected chi connectivity index (χ0v) is 26.1. The molecule has 0 fully saturated rings. The Balaban J connectivity index is 3.37. The Morgan fingerprint density at radius 2 is 0.568 bits per heavy atom. The van der Waals surface area contributed by atoms with Gasteiger partial charge in [-0.15, -0.1) is 0 Å². The maximum atomic E-state index is 10.9. The van der Waals surface area contributed by atoms with Gasteiger partial charge in [0, 0.05) is 0 Å². The van der Waals surface area contributed by atoms with Crippen LogP contribution in [-0.4, -0.2) is 6.54 Å². The summed E-state index contributed by atoms with van der Waals surface area (Å²) in [6.07, 6.45) is 43.5. The Bertz CT molecular complexity index is 410. The normalized spacial score (nSPS) is 12.3. The van der Waals surface area contributed by atoms with Crippen molar-refractivity contribution in [2.24, 2.45) is 11.1 Å². The van der Waals surface area contributed by atoms with Crippen LogP contribution in [0.15, 0.2) is 5.18 Å². The molecule has 222 valence electrons. The number of unbranched alkanes of at least 4 members (excludes halogenated alkanes) is 27. The zero-order valence-electron chi connectivity index (χ0n) is 26.1. The highest BCUT2D eigenvalue weighted by molar-refractivity contribution is 4.63. The first-order valence-electron chi connectivity index (χ1n) is 17.6. The van der Waals surface area contributed by atoms with Gasteiger partial charge in [-0.2, -0.15) is 4.91 Å². The quantitative estimate of drug-likeness (QED) is 0.0623. The van der Waals surface area contributed by atoms with Gasteiger partial charge in [0.2, 0.25) is 0 Å². The highest BCUT2D eigenvalue weighted by Gasteiger charge is 2.08. The van der Waals surface area contributed by atoms with E-state index in [1.165, 1.54) is 199 Å².